The van der Waals surface area contributed by atoms with Crippen LogP contribution in [0.1, 0.15) is 20.7 Å². The lowest BCUT2D eigenvalue weighted by atomic mass is 10.1. The molecule has 0 aliphatic heterocycles. The molecule has 0 aliphatic rings. The Hall–Kier alpha value is -3.71. The Labute approximate surface area is 188 Å². The zero-order chi connectivity index (χ0) is 24.1. The van der Waals surface area contributed by atoms with Crippen LogP contribution in [0.25, 0.3) is 0 Å². The maximum atomic E-state index is 13.0. The first-order chi connectivity index (χ1) is 15.0. The number of methoxy groups -OCH3 is 1. The number of hydrogen-bond donors (Lipinski definition) is 1. The van der Waals surface area contributed by atoms with Gasteiger partial charge in [0.1, 0.15) is 11.2 Å². The Morgan fingerprint density at radius 1 is 1.16 bits per heavy atom. The molecule has 0 unspecified atom stereocenters. The summed E-state index contributed by atoms with van der Waals surface area (Å²) < 4.78 is 33.0. The largest absolute Gasteiger partial charge is 0.465 e. The van der Waals surface area contributed by atoms with Crippen molar-refractivity contribution in [1.82, 2.24) is 10.4 Å². The molecule has 170 valence electrons. The number of nitro groups is 1. The number of anilines is 1. The summed E-state index contributed by atoms with van der Waals surface area (Å²) in [6, 6.07) is 8.48. The predicted molar refractivity (Wildman–Crippen MR) is 116 cm³/mol. The number of hydrogen-bond acceptors (Lipinski definition) is 7. The summed E-state index contributed by atoms with van der Waals surface area (Å²) in [6.07, 6.45) is 1.05. The molecule has 2 aromatic rings. The van der Waals surface area contributed by atoms with Gasteiger partial charge in [-0.05, 0) is 48.0 Å². The van der Waals surface area contributed by atoms with Crippen LogP contribution in [0.3, 0.4) is 0 Å². The minimum absolute atomic E-state index is 0.00402. The fourth-order valence-corrected chi connectivity index (χ4v) is 3.77. The molecule has 0 aromatic heterocycles. The summed E-state index contributed by atoms with van der Waals surface area (Å²) in [5, 5.41) is 10.5. The van der Waals surface area contributed by atoms with Gasteiger partial charge in [0.2, 0.25) is 0 Å². The van der Waals surface area contributed by atoms with Crippen molar-refractivity contribution in [1.29, 1.82) is 0 Å². The summed E-state index contributed by atoms with van der Waals surface area (Å²) in [7, 11) is 0.0609. The van der Waals surface area contributed by atoms with Crippen molar-refractivity contribution in [2.45, 2.75) is 4.90 Å². The second-order valence-electron chi connectivity index (χ2n) is 6.34. The Kier molecular flexibility index (Phi) is 7.72. The molecule has 0 radical (unpaired) electrons. The fourth-order valence-electron chi connectivity index (χ4n) is 2.34. The van der Waals surface area contributed by atoms with Gasteiger partial charge in [-0.25, -0.2) is 14.9 Å². The van der Waals surface area contributed by atoms with Crippen molar-refractivity contribution >= 4 is 45.5 Å². The molecule has 1 amide bonds. The van der Waals surface area contributed by atoms with E-state index in [0.717, 1.165) is 18.5 Å². The van der Waals surface area contributed by atoms with E-state index in [1.54, 1.807) is 19.6 Å². The minimum Gasteiger partial charge on any atom is -0.465 e. The van der Waals surface area contributed by atoms with E-state index in [1.165, 1.54) is 42.3 Å². The molecule has 0 atom stereocenters. The van der Waals surface area contributed by atoms with Gasteiger partial charge in [-0.2, -0.15) is 13.4 Å². The summed E-state index contributed by atoms with van der Waals surface area (Å²) in [5.41, 5.74) is 1.68. The van der Waals surface area contributed by atoms with Crippen molar-refractivity contribution < 1.29 is 27.8 Å². The first-order valence-corrected chi connectivity index (χ1v) is 10.5. The van der Waals surface area contributed by atoms with Crippen LogP contribution in [0.5, 0.6) is 0 Å². The van der Waals surface area contributed by atoms with Gasteiger partial charge in [-0.15, -0.1) is 4.40 Å². The van der Waals surface area contributed by atoms with Crippen LogP contribution in [-0.2, 0) is 14.8 Å². The predicted octanol–water partition coefficient (Wildman–Crippen LogP) is 1.75. The van der Waals surface area contributed by atoms with Gasteiger partial charge < -0.3 is 9.64 Å². The number of nitrogens with one attached hydrogen (secondary N) is 1. The number of hydrazine groups is 2. The van der Waals surface area contributed by atoms with E-state index in [2.05, 4.69) is 9.13 Å². The highest BCUT2D eigenvalue weighted by Gasteiger charge is 2.25. The molecular formula is C18H18ClN5O7S. The van der Waals surface area contributed by atoms with Gasteiger partial charge in [0.05, 0.1) is 23.4 Å². The third-order valence-electron chi connectivity index (χ3n) is 3.80. The smallest absolute Gasteiger partial charge is 0.337 e. The number of sulfonamides is 1. The van der Waals surface area contributed by atoms with Crippen molar-refractivity contribution in [3.05, 3.63) is 68.7 Å². The van der Waals surface area contributed by atoms with Crippen LogP contribution in [-0.4, -0.2) is 57.8 Å². The SMILES string of the molecule is COC(=O)c1ccc(N(N[N+](=O)[O-])C(=O)c2ccc(Cl)c(S(=O)(=O)N=CN(C)C)c2)cc1. The van der Waals surface area contributed by atoms with E-state index in [1.807, 2.05) is 0 Å². The standard InChI is InChI=1S/C18H18ClN5O7S/c1-22(2)11-20-32(29,30)16-10-13(6-9-15(16)19)17(25)23(21-24(27)28)14-7-4-12(5-8-14)18(26)31-3/h4-11,21H,1-3H3. The Balaban J connectivity index is 2.49. The summed E-state index contributed by atoms with van der Waals surface area (Å²) in [5.74, 6) is -1.60. The van der Waals surface area contributed by atoms with Crippen LogP contribution in [0, 0.1) is 10.1 Å². The van der Waals surface area contributed by atoms with Gasteiger partial charge in [0.25, 0.3) is 15.9 Å². The highest BCUT2D eigenvalue weighted by molar-refractivity contribution is 7.90. The molecule has 0 bridgehead atoms. The third kappa shape index (κ3) is 5.92. The summed E-state index contributed by atoms with van der Waals surface area (Å²) in [6.45, 7) is 0. The van der Waals surface area contributed by atoms with E-state index in [-0.39, 0.29) is 21.8 Å². The topological polar surface area (TPSA) is 152 Å². The Morgan fingerprint density at radius 2 is 1.75 bits per heavy atom. The molecule has 2 rings (SSSR count). The molecule has 32 heavy (non-hydrogen) atoms. The van der Waals surface area contributed by atoms with Gasteiger partial charge in [0, 0.05) is 19.7 Å². The quantitative estimate of drug-likeness (QED) is 0.194. The normalized spacial score (nSPS) is 11.1. The average molecular weight is 484 g/mol. The Bertz CT molecular complexity index is 1170. The number of carbonyl (C=O) groups excluding carboxylic acids is 2. The summed E-state index contributed by atoms with van der Waals surface area (Å²) >= 11 is 5.98. The maximum absolute atomic E-state index is 13.0. The molecule has 1 N–H and O–H groups in total. The lowest BCUT2D eigenvalue weighted by Crippen LogP contribution is -2.46. The molecule has 0 aliphatic carbocycles. The van der Waals surface area contributed by atoms with Crippen molar-refractivity contribution in [3.8, 4) is 0 Å². The second kappa shape index (κ2) is 10.1. The van der Waals surface area contributed by atoms with Crippen molar-refractivity contribution in [2.75, 3.05) is 26.2 Å². The van der Waals surface area contributed by atoms with Crippen LogP contribution < -0.4 is 10.5 Å². The molecule has 0 spiro atoms. The van der Waals surface area contributed by atoms with E-state index in [0.29, 0.717) is 5.01 Å². The number of amides is 1. The van der Waals surface area contributed by atoms with E-state index < -0.39 is 31.8 Å². The number of esters is 1. The Morgan fingerprint density at radius 3 is 2.28 bits per heavy atom. The number of carbonyl (C=O) groups is 2. The molecule has 14 heteroatoms. The number of halogens is 1. The molecule has 0 saturated carbocycles. The van der Waals surface area contributed by atoms with Gasteiger partial charge in [0.15, 0.2) is 5.03 Å². The fraction of sp³-hybridized carbons (Fsp3) is 0.167. The van der Waals surface area contributed by atoms with Crippen LogP contribution in [0.4, 0.5) is 5.69 Å². The van der Waals surface area contributed by atoms with Crippen LogP contribution >= 0.6 is 11.6 Å². The number of nitrogens with zero attached hydrogens (tertiary/aromatic N) is 4. The average Bonchev–Trinajstić information content (AvgIpc) is 2.75. The first-order valence-electron chi connectivity index (χ1n) is 8.66. The maximum Gasteiger partial charge on any atom is 0.337 e. The van der Waals surface area contributed by atoms with Gasteiger partial charge in [-0.3, -0.25) is 4.79 Å². The zero-order valence-corrected chi connectivity index (χ0v) is 18.6. The van der Waals surface area contributed by atoms with Crippen LogP contribution in [0.15, 0.2) is 51.8 Å². The molecule has 0 fully saturated rings. The monoisotopic (exact) mass is 483 g/mol. The lowest BCUT2D eigenvalue weighted by molar-refractivity contribution is -0.544. The molecular weight excluding hydrogens is 466 g/mol. The van der Waals surface area contributed by atoms with E-state index in [4.69, 9.17) is 11.6 Å². The first kappa shape index (κ1) is 24.6. The number of benzene rings is 2. The molecule has 2 aromatic carbocycles. The molecule has 0 heterocycles. The number of ether oxygens (including phenoxy) is 1. The van der Waals surface area contributed by atoms with Crippen molar-refractivity contribution in [2.24, 2.45) is 4.40 Å². The number of rotatable bonds is 8. The van der Waals surface area contributed by atoms with Crippen molar-refractivity contribution in [3.63, 3.8) is 0 Å². The second-order valence-corrected chi connectivity index (χ2v) is 8.35. The van der Waals surface area contributed by atoms with Gasteiger partial charge >= 0.3 is 5.97 Å². The van der Waals surface area contributed by atoms with E-state index in [9.17, 15) is 28.1 Å². The zero-order valence-electron chi connectivity index (χ0n) is 17.1. The van der Waals surface area contributed by atoms with E-state index >= 15 is 0 Å². The molecule has 12 nitrogen and oxygen atoms in total. The highest BCUT2D eigenvalue weighted by atomic mass is 35.5. The minimum atomic E-state index is -4.25. The molecule has 0 saturated heterocycles. The van der Waals surface area contributed by atoms with Crippen LogP contribution in [0.2, 0.25) is 5.02 Å². The lowest BCUT2D eigenvalue weighted by Gasteiger charge is -2.19. The summed E-state index contributed by atoms with van der Waals surface area (Å²) in [4.78, 5) is 36.6. The third-order valence-corrected chi connectivity index (χ3v) is 5.51. The highest BCUT2D eigenvalue weighted by Crippen LogP contribution is 2.26. The van der Waals surface area contributed by atoms with Gasteiger partial charge in [-0.1, -0.05) is 11.6 Å².